The molecule has 1 aromatic rings. The predicted octanol–water partition coefficient (Wildman–Crippen LogP) is 0.589. The van der Waals surface area contributed by atoms with Crippen molar-refractivity contribution in [1.29, 1.82) is 0 Å². The molecule has 7 heteroatoms. The van der Waals surface area contributed by atoms with E-state index in [1.54, 1.807) is 39.8 Å². The maximum absolute atomic E-state index is 11.5. The van der Waals surface area contributed by atoms with Gasteiger partial charge in [-0.3, -0.25) is 4.79 Å². The van der Waals surface area contributed by atoms with Gasteiger partial charge in [0, 0.05) is 24.3 Å². The van der Waals surface area contributed by atoms with Crippen LogP contribution in [0.3, 0.4) is 0 Å². The first-order valence-corrected chi connectivity index (χ1v) is 8.16. The van der Waals surface area contributed by atoms with E-state index in [0.717, 1.165) is 25.1 Å². The average Bonchev–Trinajstić information content (AvgIpc) is 2.53. The van der Waals surface area contributed by atoms with Crippen molar-refractivity contribution < 1.29 is 24.3 Å². The fourth-order valence-corrected chi connectivity index (χ4v) is 2.40. The Balaban J connectivity index is 2.21. The largest absolute Gasteiger partial charge is 0.491 e. The fraction of sp³-hybridized carbons (Fsp3) is 0.588. The third kappa shape index (κ3) is 4.16. The number of hydrogen-bond acceptors (Lipinski definition) is 6. The van der Waals surface area contributed by atoms with Crippen LogP contribution in [0, 0.1) is 0 Å². The topological polar surface area (TPSA) is 79.2 Å². The second-order valence-electron chi connectivity index (χ2n) is 7.08. The molecule has 0 radical (unpaired) electrons. The average molecular weight is 335 g/mol. The van der Waals surface area contributed by atoms with Gasteiger partial charge in [-0.15, -0.1) is 0 Å². The molecule has 1 saturated heterocycles. The highest BCUT2D eigenvalue weighted by molar-refractivity contribution is 6.60. The van der Waals surface area contributed by atoms with Crippen LogP contribution in [0.5, 0.6) is 0 Å². The highest BCUT2D eigenvalue weighted by atomic mass is 16.5. The molecule has 1 aliphatic heterocycles. The summed E-state index contributed by atoms with van der Waals surface area (Å²) in [5, 5.41) is 20.5. The third-order valence-electron chi connectivity index (χ3n) is 4.70. The Hall–Kier alpha value is -1.41. The molecule has 1 fully saturated rings. The summed E-state index contributed by atoms with van der Waals surface area (Å²) in [4.78, 5) is 13.6. The summed E-state index contributed by atoms with van der Waals surface area (Å²) >= 11 is 0. The summed E-state index contributed by atoms with van der Waals surface area (Å²) in [5.74, 6) is 0. The molecule has 132 valence electrons. The van der Waals surface area contributed by atoms with Gasteiger partial charge in [0.05, 0.1) is 24.4 Å². The van der Waals surface area contributed by atoms with Gasteiger partial charge in [0.15, 0.2) is 6.29 Å². The Kier molecular flexibility index (Phi) is 5.70. The van der Waals surface area contributed by atoms with Crippen LogP contribution >= 0.6 is 0 Å². The van der Waals surface area contributed by atoms with Gasteiger partial charge in [0.2, 0.25) is 0 Å². The van der Waals surface area contributed by atoms with E-state index in [1.165, 1.54) is 0 Å². The molecule has 0 atom stereocenters. The first-order valence-electron chi connectivity index (χ1n) is 8.16. The number of hydrogen-bond donors (Lipinski definition) is 2. The lowest BCUT2D eigenvalue weighted by Gasteiger charge is -2.38. The molecule has 1 aromatic carbocycles. The van der Waals surface area contributed by atoms with Crippen molar-refractivity contribution in [3.63, 3.8) is 0 Å². The zero-order valence-electron chi connectivity index (χ0n) is 14.8. The van der Waals surface area contributed by atoms with E-state index in [2.05, 4.69) is 4.90 Å². The number of morpholine rings is 1. The Morgan fingerprint density at radius 3 is 2.42 bits per heavy atom. The smallest absolute Gasteiger partial charge is 0.423 e. The zero-order chi connectivity index (χ0) is 18.0. The van der Waals surface area contributed by atoms with Gasteiger partial charge in [-0.25, -0.2) is 0 Å². The van der Waals surface area contributed by atoms with Crippen molar-refractivity contribution in [2.24, 2.45) is 0 Å². The number of aliphatic hydroxyl groups is 1. The summed E-state index contributed by atoms with van der Waals surface area (Å²) in [7, 11) is -1.23. The van der Waals surface area contributed by atoms with Gasteiger partial charge in [0.25, 0.3) is 0 Å². The van der Waals surface area contributed by atoms with Crippen LogP contribution < -0.4 is 10.4 Å². The normalized spacial score (nSPS) is 16.2. The van der Waals surface area contributed by atoms with Gasteiger partial charge < -0.3 is 24.4 Å². The van der Waals surface area contributed by atoms with Crippen molar-refractivity contribution in [2.75, 3.05) is 31.2 Å². The first-order chi connectivity index (χ1) is 11.2. The minimum atomic E-state index is -1.23. The number of anilines is 1. The van der Waals surface area contributed by atoms with Crippen molar-refractivity contribution in [1.82, 2.24) is 0 Å². The summed E-state index contributed by atoms with van der Waals surface area (Å²) in [6.45, 7) is 9.38. The van der Waals surface area contributed by atoms with E-state index in [0.29, 0.717) is 24.2 Å². The van der Waals surface area contributed by atoms with Crippen molar-refractivity contribution in [3.8, 4) is 0 Å². The van der Waals surface area contributed by atoms with Gasteiger partial charge in [-0.1, -0.05) is 6.07 Å². The number of benzene rings is 1. The summed E-state index contributed by atoms with van der Waals surface area (Å²) in [6, 6.07) is 5.18. The molecule has 0 aromatic heterocycles. The lowest BCUT2D eigenvalue weighted by molar-refractivity contribution is -0.0982. The Morgan fingerprint density at radius 2 is 1.88 bits per heavy atom. The molecule has 0 bridgehead atoms. The quantitative estimate of drug-likeness (QED) is 0.585. The van der Waals surface area contributed by atoms with Gasteiger partial charge in [-0.2, -0.15) is 0 Å². The van der Waals surface area contributed by atoms with Gasteiger partial charge in [0.1, 0.15) is 0 Å². The van der Waals surface area contributed by atoms with Crippen LogP contribution in [0.15, 0.2) is 18.2 Å². The Bertz CT molecular complexity index is 579. The molecule has 0 aliphatic carbocycles. The predicted molar refractivity (Wildman–Crippen MR) is 93.9 cm³/mol. The molecule has 24 heavy (non-hydrogen) atoms. The maximum Gasteiger partial charge on any atom is 0.491 e. The molecular formula is C17H26BNO5. The summed E-state index contributed by atoms with van der Waals surface area (Å²) < 4.78 is 11.0. The van der Waals surface area contributed by atoms with Crippen molar-refractivity contribution in [3.05, 3.63) is 23.8 Å². The SMILES string of the molecule is CC(C)(O)C(C)(C)OB(O)c1ccc(N2CCOCC2)c(C=O)c1. The van der Waals surface area contributed by atoms with Crippen LogP contribution in [0.2, 0.25) is 0 Å². The number of rotatable bonds is 6. The molecule has 0 spiro atoms. The van der Waals surface area contributed by atoms with Crippen LogP contribution in [-0.2, 0) is 9.39 Å². The Labute approximate surface area is 143 Å². The van der Waals surface area contributed by atoms with E-state index in [9.17, 15) is 14.9 Å². The summed E-state index contributed by atoms with van der Waals surface area (Å²) in [5.41, 5.74) is -0.290. The minimum absolute atomic E-state index is 0.478. The second kappa shape index (κ2) is 7.23. The number of carbonyl (C=O) groups is 1. The first kappa shape index (κ1) is 18.9. The molecular weight excluding hydrogens is 309 g/mol. The van der Waals surface area contributed by atoms with Crippen LogP contribution in [0.4, 0.5) is 5.69 Å². The third-order valence-corrected chi connectivity index (χ3v) is 4.70. The van der Waals surface area contributed by atoms with E-state index in [1.807, 2.05) is 6.07 Å². The van der Waals surface area contributed by atoms with E-state index in [4.69, 9.17) is 9.39 Å². The van der Waals surface area contributed by atoms with Crippen LogP contribution in [-0.4, -0.2) is 61.0 Å². The van der Waals surface area contributed by atoms with Crippen LogP contribution in [0.25, 0.3) is 0 Å². The van der Waals surface area contributed by atoms with Crippen molar-refractivity contribution >= 4 is 24.6 Å². The molecule has 2 rings (SSSR count). The highest BCUT2D eigenvalue weighted by Gasteiger charge is 2.39. The Morgan fingerprint density at radius 1 is 1.25 bits per heavy atom. The number of ether oxygens (including phenoxy) is 1. The molecule has 0 saturated carbocycles. The molecule has 1 heterocycles. The lowest BCUT2D eigenvalue weighted by Crippen LogP contribution is -2.53. The van der Waals surface area contributed by atoms with E-state index < -0.39 is 18.3 Å². The molecule has 0 unspecified atom stereocenters. The van der Waals surface area contributed by atoms with E-state index >= 15 is 0 Å². The second-order valence-corrected chi connectivity index (χ2v) is 7.08. The molecule has 0 amide bonds. The minimum Gasteiger partial charge on any atom is -0.423 e. The number of aldehydes is 1. The number of carbonyl (C=O) groups excluding carboxylic acids is 1. The monoisotopic (exact) mass is 335 g/mol. The summed E-state index contributed by atoms with van der Waals surface area (Å²) in [6.07, 6.45) is 0.780. The maximum atomic E-state index is 11.5. The number of nitrogens with zero attached hydrogens (tertiary/aromatic N) is 1. The van der Waals surface area contributed by atoms with Gasteiger partial charge >= 0.3 is 7.12 Å². The lowest BCUT2D eigenvalue weighted by atomic mass is 9.76. The fourth-order valence-electron chi connectivity index (χ4n) is 2.40. The van der Waals surface area contributed by atoms with E-state index in [-0.39, 0.29) is 0 Å². The molecule has 2 N–H and O–H groups in total. The zero-order valence-corrected chi connectivity index (χ0v) is 14.8. The molecule has 1 aliphatic rings. The standard InChI is InChI=1S/C17H26BNO5/c1-16(2,21)17(3,4)24-18(22)14-5-6-15(13(11-14)12-20)19-7-9-23-10-8-19/h5-6,11-12,21-22H,7-10H2,1-4H3. The highest BCUT2D eigenvalue weighted by Crippen LogP contribution is 2.26. The van der Waals surface area contributed by atoms with Gasteiger partial charge in [-0.05, 0) is 45.3 Å². The molecule has 6 nitrogen and oxygen atoms in total. The van der Waals surface area contributed by atoms with Crippen molar-refractivity contribution in [2.45, 2.75) is 38.9 Å². The van der Waals surface area contributed by atoms with Crippen LogP contribution in [0.1, 0.15) is 38.1 Å².